The Morgan fingerprint density at radius 2 is 2.15 bits per heavy atom. The van der Waals surface area contributed by atoms with Gasteiger partial charge in [0.2, 0.25) is 0 Å². The van der Waals surface area contributed by atoms with Crippen LogP contribution in [0.2, 0.25) is 0 Å². The van der Waals surface area contributed by atoms with Crippen LogP contribution < -0.4 is 5.32 Å². The predicted octanol–water partition coefficient (Wildman–Crippen LogP) is 3.83. The van der Waals surface area contributed by atoms with Crippen molar-refractivity contribution >= 4 is 17.4 Å². The molecule has 1 N–H and O–H groups in total. The second-order valence-corrected chi connectivity index (χ2v) is 6.16. The number of amides is 1. The highest BCUT2D eigenvalue weighted by Crippen LogP contribution is 2.20. The van der Waals surface area contributed by atoms with Gasteiger partial charge in [0, 0.05) is 10.9 Å². The van der Waals surface area contributed by atoms with E-state index in [-0.39, 0.29) is 0 Å². The molecule has 2 heterocycles. The van der Waals surface area contributed by atoms with Crippen molar-refractivity contribution < 1.29 is 9.53 Å². The fraction of sp³-hybridized carbons (Fsp3) is 0.333. The third kappa shape index (κ3) is 4.35. The summed E-state index contributed by atoms with van der Waals surface area (Å²) < 4.78 is 5.19. The van der Waals surface area contributed by atoms with Gasteiger partial charge in [-0.05, 0) is 44.4 Å². The van der Waals surface area contributed by atoms with Gasteiger partial charge in [-0.15, -0.1) is 0 Å². The lowest BCUT2D eigenvalue weighted by Crippen LogP contribution is -2.32. The van der Waals surface area contributed by atoms with Gasteiger partial charge in [0.05, 0.1) is 17.9 Å². The molecule has 20 heavy (non-hydrogen) atoms. The summed E-state index contributed by atoms with van der Waals surface area (Å²) in [4.78, 5) is 16.1. The fourth-order valence-electron chi connectivity index (χ4n) is 1.63. The number of ether oxygens (including phenoxy) is 1. The van der Waals surface area contributed by atoms with E-state index in [4.69, 9.17) is 4.74 Å². The first kappa shape index (κ1) is 14.5. The minimum absolute atomic E-state index is 0.354. The molecule has 1 amide bonds. The minimum Gasteiger partial charge on any atom is -0.444 e. The van der Waals surface area contributed by atoms with E-state index in [9.17, 15) is 4.79 Å². The van der Waals surface area contributed by atoms with Gasteiger partial charge in [-0.25, -0.2) is 4.79 Å². The Morgan fingerprint density at radius 3 is 2.80 bits per heavy atom. The van der Waals surface area contributed by atoms with E-state index in [0.29, 0.717) is 6.54 Å². The molecular weight excluding hydrogens is 272 g/mol. The molecule has 0 saturated carbocycles. The molecule has 4 nitrogen and oxygen atoms in total. The number of rotatable bonds is 3. The number of nitrogens with one attached hydrogen (secondary N) is 1. The first-order valence-corrected chi connectivity index (χ1v) is 7.34. The molecule has 0 atom stereocenters. The molecule has 0 fully saturated rings. The van der Waals surface area contributed by atoms with Crippen molar-refractivity contribution in [1.82, 2.24) is 10.3 Å². The Labute approximate surface area is 122 Å². The molecular formula is C15H18N2O2S. The molecule has 0 bridgehead atoms. The molecule has 0 saturated heterocycles. The monoisotopic (exact) mass is 290 g/mol. The second kappa shape index (κ2) is 6.05. The minimum atomic E-state index is -0.490. The van der Waals surface area contributed by atoms with Gasteiger partial charge in [0.25, 0.3) is 0 Å². The van der Waals surface area contributed by atoms with Gasteiger partial charge >= 0.3 is 6.09 Å². The smallest absolute Gasteiger partial charge is 0.407 e. The van der Waals surface area contributed by atoms with E-state index in [1.807, 2.05) is 55.8 Å². The number of alkyl carbamates (subject to hydrolysis) is 1. The summed E-state index contributed by atoms with van der Waals surface area (Å²) in [5.74, 6) is 0. The lowest BCUT2D eigenvalue weighted by molar-refractivity contribution is 0.0523. The Hall–Kier alpha value is -1.88. The normalized spacial score (nSPS) is 11.2. The zero-order valence-corrected chi connectivity index (χ0v) is 12.7. The molecule has 2 aromatic heterocycles. The number of nitrogens with zero attached hydrogens (tertiary/aromatic N) is 1. The SMILES string of the molecule is CC(C)(C)OC(=O)NCc1cccc(-c2ccsc2)n1. The van der Waals surface area contributed by atoms with Crippen LogP contribution in [0.25, 0.3) is 11.3 Å². The molecule has 0 unspecified atom stereocenters. The molecule has 106 valence electrons. The predicted molar refractivity (Wildman–Crippen MR) is 80.6 cm³/mol. The second-order valence-electron chi connectivity index (χ2n) is 5.38. The van der Waals surface area contributed by atoms with Crippen molar-refractivity contribution in [2.24, 2.45) is 0 Å². The van der Waals surface area contributed by atoms with Gasteiger partial charge in [-0.2, -0.15) is 11.3 Å². The van der Waals surface area contributed by atoms with Crippen LogP contribution in [-0.2, 0) is 11.3 Å². The molecule has 0 aromatic carbocycles. The van der Waals surface area contributed by atoms with E-state index >= 15 is 0 Å². The van der Waals surface area contributed by atoms with E-state index in [1.54, 1.807) is 11.3 Å². The van der Waals surface area contributed by atoms with Gasteiger partial charge in [-0.1, -0.05) is 6.07 Å². The van der Waals surface area contributed by atoms with Crippen LogP contribution in [0.15, 0.2) is 35.0 Å². The zero-order valence-electron chi connectivity index (χ0n) is 11.8. The number of thiophene rings is 1. The molecule has 0 aliphatic rings. The van der Waals surface area contributed by atoms with Crippen LogP contribution in [0.1, 0.15) is 26.5 Å². The molecule has 0 radical (unpaired) electrons. The van der Waals surface area contributed by atoms with Crippen molar-refractivity contribution in [3.63, 3.8) is 0 Å². The van der Waals surface area contributed by atoms with Crippen molar-refractivity contribution in [1.29, 1.82) is 0 Å². The maximum Gasteiger partial charge on any atom is 0.407 e. The average Bonchev–Trinajstić information content (AvgIpc) is 2.88. The summed E-state index contributed by atoms with van der Waals surface area (Å²) >= 11 is 1.64. The largest absolute Gasteiger partial charge is 0.444 e. The van der Waals surface area contributed by atoms with Crippen LogP contribution >= 0.6 is 11.3 Å². The summed E-state index contributed by atoms with van der Waals surface area (Å²) in [6, 6.07) is 7.80. The molecule has 2 rings (SSSR count). The van der Waals surface area contributed by atoms with E-state index in [0.717, 1.165) is 17.0 Å². The summed E-state index contributed by atoms with van der Waals surface area (Å²) in [7, 11) is 0. The Bertz CT molecular complexity index is 574. The lowest BCUT2D eigenvalue weighted by atomic mass is 10.2. The first-order chi connectivity index (χ1) is 9.44. The van der Waals surface area contributed by atoms with E-state index < -0.39 is 11.7 Å². The maximum absolute atomic E-state index is 11.6. The number of hydrogen-bond acceptors (Lipinski definition) is 4. The summed E-state index contributed by atoms with van der Waals surface area (Å²) in [6.45, 7) is 5.86. The first-order valence-electron chi connectivity index (χ1n) is 6.39. The maximum atomic E-state index is 11.6. The van der Waals surface area contributed by atoms with Crippen LogP contribution in [0, 0.1) is 0 Å². The summed E-state index contributed by atoms with van der Waals surface area (Å²) in [5.41, 5.74) is 2.32. The summed E-state index contributed by atoms with van der Waals surface area (Å²) in [6.07, 6.45) is -0.430. The Balaban J connectivity index is 1.97. The van der Waals surface area contributed by atoms with Crippen molar-refractivity contribution in [3.8, 4) is 11.3 Å². The highest BCUT2D eigenvalue weighted by Gasteiger charge is 2.15. The van der Waals surface area contributed by atoms with E-state index in [2.05, 4.69) is 10.3 Å². The standard InChI is InChI=1S/C15H18N2O2S/c1-15(2,3)19-14(18)16-9-12-5-4-6-13(17-12)11-7-8-20-10-11/h4-8,10H,9H2,1-3H3,(H,16,18). The number of hydrogen-bond donors (Lipinski definition) is 1. The number of pyridine rings is 1. The summed E-state index contributed by atoms with van der Waals surface area (Å²) in [5, 5.41) is 6.77. The highest BCUT2D eigenvalue weighted by atomic mass is 32.1. The number of carbonyl (C=O) groups excluding carboxylic acids is 1. The molecule has 0 aliphatic heterocycles. The van der Waals surface area contributed by atoms with Gasteiger partial charge < -0.3 is 10.1 Å². The third-order valence-corrected chi connectivity index (χ3v) is 3.12. The molecule has 2 aromatic rings. The van der Waals surface area contributed by atoms with Crippen molar-refractivity contribution in [2.45, 2.75) is 32.9 Å². The number of carbonyl (C=O) groups is 1. The van der Waals surface area contributed by atoms with Crippen LogP contribution in [0.3, 0.4) is 0 Å². The molecule has 0 spiro atoms. The van der Waals surface area contributed by atoms with Gasteiger partial charge in [0.15, 0.2) is 0 Å². The topological polar surface area (TPSA) is 51.2 Å². The molecule has 5 heteroatoms. The van der Waals surface area contributed by atoms with Crippen molar-refractivity contribution in [2.75, 3.05) is 0 Å². The highest BCUT2D eigenvalue weighted by molar-refractivity contribution is 7.08. The molecule has 0 aliphatic carbocycles. The van der Waals surface area contributed by atoms with Crippen LogP contribution in [0.5, 0.6) is 0 Å². The Morgan fingerprint density at radius 1 is 1.35 bits per heavy atom. The number of aromatic nitrogens is 1. The quantitative estimate of drug-likeness (QED) is 0.934. The zero-order chi connectivity index (χ0) is 14.6. The van der Waals surface area contributed by atoms with E-state index in [1.165, 1.54) is 0 Å². The van der Waals surface area contributed by atoms with Crippen molar-refractivity contribution in [3.05, 3.63) is 40.7 Å². The Kier molecular flexibility index (Phi) is 4.39. The van der Waals surface area contributed by atoms with Crippen LogP contribution in [0.4, 0.5) is 4.79 Å². The third-order valence-electron chi connectivity index (χ3n) is 2.44. The van der Waals surface area contributed by atoms with Gasteiger partial charge in [0.1, 0.15) is 5.60 Å². The van der Waals surface area contributed by atoms with Gasteiger partial charge in [-0.3, -0.25) is 4.98 Å². The lowest BCUT2D eigenvalue weighted by Gasteiger charge is -2.19. The average molecular weight is 290 g/mol. The fourth-order valence-corrected chi connectivity index (χ4v) is 2.28. The van der Waals surface area contributed by atoms with Crippen LogP contribution in [-0.4, -0.2) is 16.7 Å².